The molecule has 1 heterocycles. The number of ether oxygens (including phenoxy) is 1. The average Bonchev–Trinajstić information content (AvgIpc) is 3.10. The number of carbonyl (C=O) groups is 1. The van der Waals surface area contributed by atoms with E-state index in [9.17, 15) is 4.79 Å². The zero-order valence-electron chi connectivity index (χ0n) is 13.8. The maximum Gasteiger partial charge on any atom is 0.260 e. The van der Waals surface area contributed by atoms with E-state index in [1.54, 1.807) is 24.3 Å². The number of amides is 1. The summed E-state index contributed by atoms with van der Waals surface area (Å²) in [6.07, 6.45) is 2.74. The fourth-order valence-electron chi connectivity index (χ4n) is 3.15. The van der Waals surface area contributed by atoms with Crippen LogP contribution in [-0.4, -0.2) is 30.0 Å². The normalized spacial score (nSPS) is 16.5. The molecule has 1 aliphatic heterocycles. The number of nitriles is 1. The molecule has 0 bridgehead atoms. The molecule has 1 atom stereocenters. The first-order valence-corrected chi connectivity index (χ1v) is 8.71. The van der Waals surface area contributed by atoms with Gasteiger partial charge in [0.2, 0.25) is 0 Å². The Hall–Kier alpha value is -2.51. The average molecular weight is 355 g/mol. The van der Waals surface area contributed by atoms with Crippen LogP contribution in [0, 0.1) is 11.3 Å². The van der Waals surface area contributed by atoms with Gasteiger partial charge in [-0.05, 0) is 55.2 Å². The number of benzene rings is 2. The van der Waals surface area contributed by atoms with E-state index >= 15 is 0 Å². The third kappa shape index (κ3) is 4.32. The molecule has 0 aliphatic carbocycles. The Balaban J connectivity index is 1.58. The molecule has 2 aromatic rings. The summed E-state index contributed by atoms with van der Waals surface area (Å²) in [6, 6.07) is 16.8. The number of hydrogen-bond donors (Lipinski definition) is 0. The fraction of sp³-hybridized carbons (Fsp3) is 0.300. The van der Waals surface area contributed by atoms with Gasteiger partial charge in [0.15, 0.2) is 6.61 Å². The molecule has 1 amide bonds. The Morgan fingerprint density at radius 3 is 2.72 bits per heavy atom. The van der Waals surface area contributed by atoms with Gasteiger partial charge in [0.25, 0.3) is 5.91 Å². The quantitative estimate of drug-likeness (QED) is 0.820. The van der Waals surface area contributed by atoms with Gasteiger partial charge in [-0.15, -0.1) is 0 Å². The molecule has 1 aliphatic rings. The molecule has 4 nitrogen and oxygen atoms in total. The van der Waals surface area contributed by atoms with E-state index in [4.69, 9.17) is 21.6 Å². The van der Waals surface area contributed by atoms with Gasteiger partial charge in [-0.25, -0.2) is 0 Å². The van der Waals surface area contributed by atoms with Crippen molar-refractivity contribution in [1.29, 1.82) is 5.26 Å². The highest BCUT2D eigenvalue weighted by molar-refractivity contribution is 6.31. The molecule has 1 saturated heterocycles. The maximum absolute atomic E-state index is 12.5. The van der Waals surface area contributed by atoms with Crippen LogP contribution in [0.4, 0.5) is 0 Å². The van der Waals surface area contributed by atoms with Crippen LogP contribution in [0.15, 0.2) is 48.5 Å². The predicted molar refractivity (Wildman–Crippen MR) is 96.5 cm³/mol. The summed E-state index contributed by atoms with van der Waals surface area (Å²) in [5, 5.41) is 9.54. The van der Waals surface area contributed by atoms with E-state index in [1.807, 2.05) is 29.2 Å². The highest BCUT2D eigenvalue weighted by Gasteiger charge is 2.29. The van der Waals surface area contributed by atoms with E-state index in [0.29, 0.717) is 11.3 Å². The Bertz CT molecular complexity index is 783. The summed E-state index contributed by atoms with van der Waals surface area (Å²) in [7, 11) is 0. The first kappa shape index (κ1) is 17.3. The second-order valence-corrected chi connectivity index (χ2v) is 6.51. The molecule has 128 valence electrons. The van der Waals surface area contributed by atoms with Crippen molar-refractivity contribution in [1.82, 2.24) is 4.90 Å². The molecule has 1 unspecified atom stereocenters. The molecule has 0 N–H and O–H groups in total. The second kappa shape index (κ2) is 8.04. The standard InChI is InChI=1S/C20H19ClN2O2/c21-19-6-2-1-4-16(19)12-17-5-3-11-23(17)20(24)14-25-18-9-7-15(13-22)8-10-18/h1-2,4,6-10,17H,3,5,11-12,14H2. The highest BCUT2D eigenvalue weighted by atomic mass is 35.5. The molecular formula is C20H19ClN2O2. The minimum Gasteiger partial charge on any atom is -0.484 e. The second-order valence-electron chi connectivity index (χ2n) is 6.10. The van der Waals surface area contributed by atoms with Crippen LogP contribution in [0.2, 0.25) is 5.02 Å². The van der Waals surface area contributed by atoms with Crippen LogP contribution in [0.5, 0.6) is 5.75 Å². The van der Waals surface area contributed by atoms with E-state index in [0.717, 1.165) is 36.4 Å². The van der Waals surface area contributed by atoms with Crippen LogP contribution >= 0.6 is 11.6 Å². The predicted octanol–water partition coefficient (Wildman–Crippen LogP) is 3.82. The van der Waals surface area contributed by atoms with E-state index < -0.39 is 0 Å². The summed E-state index contributed by atoms with van der Waals surface area (Å²) in [6.45, 7) is 0.760. The van der Waals surface area contributed by atoms with Gasteiger partial charge in [0, 0.05) is 17.6 Å². The number of carbonyl (C=O) groups excluding carboxylic acids is 1. The molecule has 1 fully saturated rings. The number of nitrogens with zero attached hydrogens (tertiary/aromatic N) is 2. The van der Waals surface area contributed by atoms with Crippen molar-refractivity contribution in [3.63, 3.8) is 0 Å². The smallest absolute Gasteiger partial charge is 0.260 e. The summed E-state index contributed by atoms with van der Waals surface area (Å²) in [5.74, 6) is 0.577. The summed E-state index contributed by atoms with van der Waals surface area (Å²) < 4.78 is 5.58. The van der Waals surface area contributed by atoms with Gasteiger partial charge in [-0.1, -0.05) is 29.8 Å². The van der Waals surface area contributed by atoms with Crippen LogP contribution in [-0.2, 0) is 11.2 Å². The largest absolute Gasteiger partial charge is 0.484 e. The van der Waals surface area contributed by atoms with Crippen LogP contribution < -0.4 is 4.74 Å². The molecule has 3 rings (SSSR count). The third-order valence-corrected chi connectivity index (χ3v) is 4.83. The molecule has 0 radical (unpaired) electrons. The number of likely N-dealkylation sites (tertiary alicyclic amines) is 1. The minimum absolute atomic E-state index is 0.00488. The van der Waals surface area contributed by atoms with Crippen LogP contribution in [0.3, 0.4) is 0 Å². The Morgan fingerprint density at radius 2 is 2.00 bits per heavy atom. The number of rotatable bonds is 5. The van der Waals surface area contributed by atoms with Gasteiger partial charge in [0.1, 0.15) is 5.75 Å². The maximum atomic E-state index is 12.5. The van der Waals surface area contributed by atoms with Crippen LogP contribution in [0.1, 0.15) is 24.0 Å². The van der Waals surface area contributed by atoms with E-state index in [1.165, 1.54) is 0 Å². The van der Waals surface area contributed by atoms with Crippen molar-refractivity contribution in [2.24, 2.45) is 0 Å². The SMILES string of the molecule is N#Cc1ccc(OCC(=O)N2CCCC2Cc2ccccc2Cl)cc1. The molecule has 0 aromatic heterocycles. The summed E-state index contributed by atoms with van der Waals surface area (Å²) >= 11 is 6.24. The molecular weight excluding hydrogens is 336 g/mol. The first-order chi connectivity index (χ1) is 12.2. The topological polar surface area (TPSA) is 53.3 Å². The van der Waals surface area contributed by atoms with Gasteiger partial charge < -0.3 is 9.64 Å². The monoisotopic (exact) mass is 354 g/mol. The lowest BCUT2D eigenvalue weighted by atomic mass is 10.0. The van der Waals surface area contributed by atoms with Gasteiger partial charge in [-0.2, -0.15) is 5.26 Å². The number of hydrogen-bond acceptors (Lipinski definition) is 3. The lowest BCUT2D eigenvalue weighted by Gasteiger charge is -2.25. The first-order valence-electron chi connectivity index (χ1n) is 8.33. The van der Waals surface area contributed by atoms with Gasteiger partial charge in [-0.3, -0.25) is 4.79 Å². The minimum atomic E-state index is -0.0149. The third-order valence-electron chi connectivity index (χ3n) is 4.46. The van der Waals surface area contributed by atoms with Crippen molar-refractivity contribution >= 4 is 17.5 Å². The van der Waals surface area contributed by atoms with Gasteiger partial charge in [0.05, 0.1) is 11.6 Å². The molecule has 0 saturated carbocycles. The van der Waals surface area contributed by atoms with E-state index in [-0.39, 0.29) is 18.6 Å². The highest BCUT2D eigenvalue weighted by Crippen LogP contribution is 2.25. The van der Waals surface area contributed by atoms with Crippen molar-refractivity contribution in [2.75, 3.05) is 13.2 Å². The summed E-state index contributed by atoms with van der Waals surface area (Å²) in [5.41, 5.74) is 1.64. The van der Waals surface area contributed by atoms with Crippen molar-refractivity contribution in [3.05, 3.63) is 64.7 Å². The Morgan fingerprint density at radius 1 is 1.24 bits per heavy atom. The van der Waals surface area contributed by atoms with Crippen molar-refractivity contribution < 1.29 is 9.53 Å². The zero-order chi connectivity index (χ0) is 17.6. The van der Waals surface area contributed by atoms with Crippen molar-refractivity contribution in [3.8, 4) is 11.8 Å². The van der Waals surface area contributed by atoms with Crippen molar-refractivity contribution in [2.45, 2.75) is 25.3 Å². The van der Waals surface area contributed by atoms with Crippen LogP contribution in [0.25, 0.3) is 0 Å². The molecule has 25 heavy (non-hydrogen) atoms. The fourth-order valence-corrected chi connectivity index (χ4v) is 3.36. The lowest BCUT2D eigenvalue weighted by molar-refractivity contribution is -0.134. The van der Waals surface area contributed by atoms with E-state index in [2.05, 4.69) is 6.07 Å². The number of halogens is 1. The lowest BCUT2D eigenvalue weighted by Crippen LogP contribution is -2.39. The molecule has 2 aromatic carbocycles. The molecule has 0 spiro atoms. The van der Waals surface area contributed by atoms with Gasteiger partial charge >= 0.3 is 0 Å². The zero-order valence-corrected chi connectivity index (χ0v) is 14.6. The summed E-state index contributed by atoms with van der Waals surface area (Å²) in [4.78, 5) is 14.4. The Labute approximate surface area is 152 Å². The molecule has 5 heteroatoms. The Kier molecular flexibility index (Phi) is 5.57.